The van der Waals surface area contributed by atoms with Crippen LogP contribution in [0.5, 0.6) is 11.5 Å². The Morgan fingerprint density at radius 3 is 2.57 bits per heavy atom. The summed E-state index contributed by atoms with van der Waals surface area (Å²) in [6.07, 6.45) is 9.63. The Morgan fingerprint density at radius 1 is 1.26 bits per heavy atom. The average molecular weight is 360 g/mol. The highest BCUT2D eigenvalue weighted by molar-refractivity contribution is 6.32. The third-order valence-electron chi connectivity index (χ3n) is 4.08. The van der Waals surface area contributed by atoms with Crippen LogP contribution in [0.1, 0.15) is 44.1 Å². The highest BCUT2D eigenvalue weighted by atomic mass is 35.5. The standard InChI is InChI=1S/C18H26ClNO2.ClH/c1-3-10-22-18-16(19)11-14(12-17(18)21-2)13-20-15-8-6-4-5-7-9-15;/h3,11-12,15,20H,1,4-10,13H2,2H3;1H. The van der Waals surface area contributed by atoms with Gasteiger partial charge in [0.05, 0.1) is 12.1 Å². The Morgan fingerprint density at radius 2 is 1.96 bits per heavy atom. The smallest absolute Gasteiger partial charge is 0.180 e. The number of halogens is 2. The molecule has 1 aromatic rings. The Hall–Kier alpha value is -0.900. The summed E-state index contributed by atoms with van der Waals surface area (Å²) in [4.78, 5) is 0. The minimum Gasteiger partial charge on any atom is -0.493 e. The molecule has 0 amide bonds. The van der Waals surface area contributed by atoms with Crippen LogP contribution in [0.15, 0.2) is 24.8 Å². The fourth-order valence-electron chi connectivity index (χ4n) is 2.90. The number of ether oxygens (including phenoxy) is 2. The van der Waals surface area contributed by atoms with Crippen LogP contribution in [-0.4, -0.2) is 19.8 Å². The minimum atomic E-state index is 0. The highest BCUT2D eigenvalue weighted by Gasteiger charge is 2.14. The molecule has 1 aliphatic carbocycles. The molecule has 2 rings (SSSR count). The fraction of sp³-hybridized carbons (Fsp3) is 0.556. The van der Waals surface area contributed by atoms with Gasteiger partial charge in [-0.25, -0.2) is 0 Å². The van der Waals surface area contributed by atoms with Crippen LogP contribution < -0.4 is 14.8 Å². The molecular formula is C18H27Cl2NO2. The van der Waals surface area contributed by atoms with Crippen molar-refractivity contribution in [2.75, 3.05) is 13.7 Å². The van der Waals surface area contributed by atoms with Gasteiger partial charge in [-0.05, 0) is 30.5 Å². The van der Waals surface area contributed by atoms with Gasteiger partial charge in [0.15, 0.2) is 11.5 Å². The zero-order chi connectivity index (χ0) is 15.8. The van der Waals surface area contributed by atoms with E-state index in [0.717, 1.165) is 12.1 Å². The van der Waals surface area contributed by atoms with Crippen LogP contribution in [0.25, 0.3) is 0 Å². The average Bonchev–Trinajstić information content (AvgIpc) is 2.80. The van der Waals surface area contributed by atoms with Gasteiger partial charge in [-0.3, -0.25) is 0 Å². The number of rotatable bonds is 7. The van der Waals surface area contributed by atoms with Gasteiger partial charge < -0.3 is 14.8 Å². The Balaban J connectivity index is 0.00000264. The second-order valence-corrected chi connectivity index (χ2v) is 6.19. The molecule has 1 aromatic carbocycles. The fourth-order valence-corrected chi connectivity index (χ4v) is 3.19. The Labute approximate surface area is 150 Å². The predicted octanol–water partition coefficient (Wildman–Crippen LogP) is 5.15. The molecular weight excluding hydrogens is 333 g/mol. The summed E-state index contributed by atoms with van der Waals surface area (Å²) in [5, 5.41) is 4.23. The number of nitrogens with one attached hydrogen (secondary N) is 1. The van der Waals surface area contributed by atoms with Crippen LogP contribution in [0, 0.1) is 0 Å². The van der Waals surface area contributed by atoms with Crippen molar-refractivity contribution in [1.82, 2.24) is 5.32 Å². The summed E-state index contributed by atoms with van der Waals surface area (Å²) in [6.45, 7) is 4.87. The molecule has 23 heavy (non-hydrogen) atoms. The highest BCUT2D eigenvalue weighted by Crippen LogP contribution is 2.36. The first-order valence-electron chi connectivity index (χ1n) is 8.08. The third kappa shape index (κ3) is 6.25. The van der Waals surface area contributed by atoms with Gasteiger partial charge in [0.2, 0.25) is 0 Å². The van der Waals surface area contributed by atoms with E-state index in [1.807, 2.05) is 12.1 Å². The lowest BCUT2D eigenvalue weighted by Crippen LogP contribution is -2.27. The van der Waals surface area contributed by atoms with Crippen molar-refractivity contribution >= 4 is 24.0 Å². The van der Waals surface area contributed by atoms with Crippen molar-refractivity contribution in [2.24, 2.45) is 0 Å². The predicted molar refractivity (Wildman–Crippen MR) is 99.3 cm³/mol. The summed E-state index contributed by atoms with van der Waals surface area (Å²) in [5.74, 6) is 1.26. The summed E-state index contributed by atoms with van der Waals surface area (Å²) in [5.41, 5.74) is 1.12. The molecule has 0 unspecified atom stereocenters. The zero-order valence-electron chi connectivity index (χ0n) is 13.8. The summed E-state index contributed by atoms with van der Waals surface area (Å²) >= 11 is 6.33. The maximum absolute atomic E-state index is 6.33. The van der Waals surface area contributed by atoms with E-state index < -0.39 is 0 Å². The number of methoxy groups -OCH3 is 1. The van der Waals surface area contributed by atoms with Crippen LogP contribution in [0.3, 0.4) is 0 Å². The zero-order valence-corrected chi connectivity index (χ0v) is 15.3. The van der Waals surface area contributed by atoms with Gasteiger partial charge in [0.1, 0.15) is 6.61 Å². The molecule has 3 nitrogen and oxygen atoms in total. The monoisotopic (exact) mass is 359 g/mol. The lowest BCUT2D eigenvalue weighted by atomic mass is 10.1. The van der Waals surface area contributed by atoms with E-state index in [-0.39, 0.29) is 12.4 Å². The molecule has 0 heterocycles. The van der Waals surface area contributed by atoms with E-state index in [4.69, 9.17) is 21.1 Å². The lowest BCUT2D eigenvalue weighted by molar-refractivity contribution is 0.326. The molecule has 1 saturated carbocycles. The first kappa shape index (κ1) is 20.1. The SMILES string of the molecule is C=CCOc1c(Cl)cc(CNC2CCCCCC2)cc1OC.Cl. The Kier molecular flexibility index (Phi) is 9.46. The third-order valence-corrected chi connectivity index (χ3v) is 4.37. The molecule has 1 aliphatic rings. The maximum atomic E-state index is 6.33. The molecule has 0 aromatic heterocycles. The molecule has 0 spiro atoms. The lowest BCUT2D eigenvalue weighted by Gasteiger charge is -2.18. The van der Waals surface area contributed by atoms with Crippen LogP contribution in [0.2, 0.25) is 5.02 Å². The van der Waals surface area contributed by atoms with Crippen molar-refractivity contribution < 1.29 is 9.47 Å². The van der Waals surface area contributed by atoms with Gasteiger partial charge in [0.25, 0.3) is 0 Å². The van der Waals surface area contributed by atoms with E-state index >= 15 is 0 Å². The number of hydrogen-bond acceptors (Lipinski definition) is 3. The Bertz CT molecular complexity index is 486. The molecule has 0 aliphatic heterocycles. The molecule has 130 valence electrons. The van der Waals surface area contributed by atoms with Gasteiger partial charge in [-0.1, -0.05) is 49.9 Å². The van der Waals surface area contributed by atoms with Gasteiger partial charge in [-0.2, -0.15) is 0 Å². The molecule has 0 bridgehead atoms. The molecule has 1 N–H and O–H groups in total. The molecule has 0 atom stereocenters. The van der Waals surface area contributed by atoms with Crippen molar-refractivity contribution in [3.05, 3.63) is 35.4 Å². The van der Waals surface area contributed by atoms with E-state index in [0.29, 0.717) is 29.2 Å². The van der Waals surface area contributed by atoms with Crippen LogP contribution in [0.4, 0.5) is 0 Å². The van der Waals surface area contributed by atoms with E-state index in [1.165, 1.54) is 38.5 Å². The van der Waals surface area contributed by atoms with Crippen molar-refractivity contribution in [3.63, 3.8) is 0 Å². The quantitative estimate of drug-likeness (QED) is 0.539. The normalized spacial score (nSPS) is 15.4. The van der Waals surface area contributed by atoms with Crippen LogP contribution >= 0.6 is 24.0 Å². The van der Waals surface area contributed by atoms with E-state index in [2.05, 4.69) is 11.9 Å². The number of benzene rings is 1. The summed E-state index contributed by atoms with van der Waals surface area (Å²) < 4.78 is 11.0. The molecule has 0 saturated heterocycles. The van der Waals surface area contributed by atoms with Crippen LogP contribution in [-0.2, 0) is 6.54 Å². The van der Waals surface area contributed by atoms with Gasteiger partial charge >= 0.3 is 0 Å². The van der Waals surface area contributed by atoms with Crippen molar-refractivity contribution in [2.45, 2.75) is 51.1 Å². The van der Waals surface area contributed by atoms with Gasteiger partial charge in [-0.15, -0.1) is 12.4 Å². The molecule has 1 fully saturated rings. The second-order valence-electron chi connectivity index (χ2n) is 5.78. The van der Waals surface area contributed by atoms with Crippen molar-refractivity contribution in [1.29, 1.82) is 0 Å². The minimum absolute atomic E-state index is 0. The second kappa shape index (κ2) is 10.8. The summed E-state index contributed by atoms with van der Waals surface area (Å²) in [6, 6.07) is 4.56. The maximum Gasteiger partial charge on any atom is 0.180 e. The van der Waals surface area contributed by atoms with Gasteiger partial charge in [0, 0.05) is 12.6 Å². The molecule has 0 radical (unpaired) electrons. The summed E-state index contributed by atoms with van der Waals surface area (Å²) in [7, 11) is 1.63. The van der Waals surface area contributed by atoms with E-state index in [9.17, 15) is 0 Å². The first-order valence-corrected chi connectivity index (χ1v) is 8.46. The number of hydrogen-bond donors (Lipinski definition) is 1. The van der Waals surface area contributed by atoms with Crippen molar-refractivity contribution in [3.8, 4) is 11.5 Å². The largest absolute Gasteiger partial charge is 0.493 e. The topological polar surface area (TPSA) is 30.5 Å². The molecule has 5 heteroatoms. The first-order chi connectivity index (χ1) is 10.7. The van der Waals surface area contributed by atoms with E-state index in [1.54, 1.807) is 13.2 Å².